The molecular weight excluding hydrogens is 351 g/mol. The Labute approximate surface area is 127 Å². The molecule has 1 aliphatic rings. The fraction of sp³-hybridized carbons (Fsp3) is 0.400. The summed E-state index contributed by atoms with van der Waals surface area (Å²) in [4.78, 5) is 4.49. The highest BCUT2D eigenvalue weighted by Gasteiger charge is 2.16. The average molecular weight is 368 g/mol. The first-order valence-electron chi connectivity index (χ1n) is 6.71. The van der Waals surface area contributed by atoms with Gasteiger partial charge in [-0.25, -0.2) is 4.98 Å². The Kier molecular flexibility index (Phi) is 4.18. The molecule has 1 saturated heterocycles. The van der Waals surface area contributed by atoms with Gasteiger partial charge in [-0.3, -0.25) is 0 Å². The molecule has 0 aliphatic carbocycles. The van der Waals surface area contributed by atoms with E-state index in [2.05, 4.69) is 56.4 Å². The lowest BCUT2D eigenvalue weighted by Crippen LogP contribution is -2.24. The Morgan fingerprint density at radius 1 is 1.26 bits per heavy atom. The fourth-order valence-electron chi connectivity index (χ4n) is 2.49. The summed E-state index contributed by atoms with van der Waals surface area (Å²) in [5.41, 5.74) is 1.17. The van der Waals surface area contributed by atoms with Crippen molar-refractivity contribution in [3.8, 4) is 11.4 Å². The van der Waals surface area contributed by atoms with E-state index in [1.165, 1.54) is 22.0 Å². The van der Waals surface area contributed by atoms with E-state index in [9.17, 15) is 0 Å². The molecule has 4 heteroatoms. The van der Waals surface area contributed by atoms with Crippen LogP contribution in [0.2, 0.25) is 0 Å². The summed E-state index contributed by atoms with van der Waals surface area (Å²) in [6.07, 6.45) is 7.89. The van der Waals surface area contributed by atoms with Crippen LogP contribution in [0.4, 0.5) is 0 Å². The van der Waals surface area contributed by atoms with Gasteiger partial charge in [0.2, 0.25) is 0 Å². The first-order valence-corrected chi connectivity index (χ1v) is 7.79. The number of halogens is 1. The maximum absolute atomic E-state index is 5.81. The highest BCUT2D eigenvalue weighted by molar-refractivity contribution is 14.1. The standard InChI is InChI=1S/C15H17IN2O/c16-13-6-4-12(5-7-13)15-17-8-9-18(15)11-14-3-1-2-10-19-14/h4-9,14H,1-3,10-11H2. The maximum atomic E-state index is 5.81. The van der Waals surface area contributed by atoms with Gasteiger partial charge in [-0.05, 0) is 54.0 Å². The van der Waals surface area contributed by atoms with Crippen molar-refractivity contribution in [2.24, 2.45) is 0 Å². The molecule has 0 amide bonds. The molecule has 19 heavy (non-hydrogen) atoms. The van der Waals surface area contributed by atoms with Crippen LogP contribution >= 0.6 is 22.6 Å². The summed E-state index contributed by atoms with van der Waals surface area (Å²) < 4.78 is 9.26. The van der Waals surface area contributed by atoms with Crippen LogP contribution in [0.25, 0.3) is 11.4 Å². The first kappa shape index (κ1) is 13.1. The van der Waals surface area contributed by atoms with E-state index in [0.717, 1.165) is 25.4 Å². The molecule has 0 N–H and O–H groups in total. The minimum absolute atomic E-state index is 0.338. The Morgan fingerprint density at radius 2 is 2.11 bits per heavy atom. The summed E-state index contributed by atoms with van der Waals surface area (Å²) in [5.74, 6) is 1.03. The van der Waals surface area contributed by atoms with E-state index in [0.29, 0.717) is 6.10 Å². The van der Waals surface area contributed by atoms with Crippen molar-refractivity contribution in [1.82, 2.24) is 9.55 Å². The molecule has 1 unspecified atom stereocenters. The van der Waals surface area contributed by atoms with Crippen molar-refractivity contribution in [2.75, 3.05) is 6.61 Å². The summed E-state index contributed by atoms with van der Waals surface area (Å²) in [6, 6.07) is 8.49. The molecule has 1 aromatic heterocycles. The fourth-order valence-corrected chi connectivity index (χ4v) is 2.85. The van der Waals surface area contributed by atoms with Gasteiger partial charge in [0.15, 0.2) is 0 Å². The topological polar surface area (TPSA) is 27.1 Å². The van der Waals surface area contributed by atoms with Crippen molar-refractivity contribution >= 4 is 22.6 Å². The van der Waals surface area contributed by atoms with E-state index >= 15 is 0 Å². The van der Waals surface area contributed by atoms with E-state index in [4.69, 9.17) is 4.74 Å². The van der Waals surface area contributed by atoms with Crippen LogP contribution in [0, 0.1) is 3.57 Å². The summed E-state index contributed by atoms with van der Waals surface area (Å²) >= 11 is 2.32. The van der Waals surface area contributed by atoms with Crippen LogP contribution in [0.15, 0.2) is 36.7 Å². The molecule has 2 aromatic rings. The number of hydrogen-bond donors (Lipinski definition) is 0. The minimum atomic E-state index is 0.338. The quantitative estimate of drug-likeness (QED) is 0.773. The Balaban J connectivity index is 1.79. The number of aromatic nitrogens is 2. The molecule has 2 heterocycles. The molecule has 100 valence electrons. The largest absolute Gasteiger partial charge is 0.376 e. The Hall–Kier alpha value is -0.880. The zero-order valence-corrected chi connectivity index (χ0v) is 12.9. The zero-order valence-electron chi connectivity index (χ0n) is 10.8. The Morgan fingerprint density at radius 3 is 2.84 bits per heavy atom. The second-order valence-corrected chi connectivity index (χ2v) is 6.14. The third-order valence-corrected chi connectivity index (χ3v) is 4.21. The van der Waals surface area contributed by atoms with Crippen molar-refractivity contribution in [3.63, 3.8) is 0 Å². The van der Waals surface area contributed by atoms with Crippen LogP contribution in [0.3, 0.4) is 0 Å². The first-order chi connectivity index (χ1) is 9.33. The molecule has 1 aliphatic heterocycles. The number of ether oxygens (including phenoxy) is 1. The summed E-state index contributed by atoms with van der Waals surface area (Å²) in [5, 5.41) is 0. The highest BCUT2D eigenvalue weighted by Crippen LogP contribution is 2.21. The third-order valence-electron chi connectivity index (χ3n) is 3.49. The van der Waals surface area contributed by atoms with Gasteiger partial charge in [0.25, 0.3) is 0 Å². The normalized spacial score (nSPS) is 19.5. The van der Waals surface area contributed by atoms with Crippen molar-refractivity contribution in [3.05, 3.63) is 40.2 Å². The average Bonchev–Trinajstić information content (AvgIpc) is 2.89. The molecule has 0 radical (unpaired) electrons. The molecule has 1 atom stereocenters. The van der Waals surface area contributed by atoms with Gasteiger partial charge < -0.3 is 9.30 Å². The smallest absolute Gasteiger partial charge is 0.139 e. The molecule has 1 aromatic carbocycles. The van der Waals surface area contributed by atoms with Crippen LogP contribution in [-0.4, -0.2) is 22.3 Å². The van der Waals surface area contributed by atoms with Gasteiger partial charge in [0, 0.05) is 28.1 Å². The zero-order chi connectivity index (χ0) is 13.1. The van der Waals surface area contributed by atoms with Crippen LogP contribution in [0.5, 0.6) is 0 Å². The lowest BCUT2D eigenvalue weighted by Gasteiger charge is -2.23. The SMILES string of the molecule is Ic1ccc(-c2nccn2CC2CCCCO2)cc1. The van der Waals surface area contributed by atoms with E-state index in [-0.39, 0.29) is 0 Å². The van der Waals surface area contributed by atoms with Crippen LogP contribution in [-0.2, 0) is 11.3 Å². The molecule has 0 saturated carbocycles. The molecular formula is C15H17IN2O. The van der Waals surface area contributed by atoms with E-state index in [1.807, 2.05) is 12.4 Å². The van der Waals surface area contributed by atoms with Gasteiger partial charge in [-0.15, -0.1) is 0 Å². The molecule has 0 bridgehead atoms. The number of nitrogens with zero attached hydrogens (tertiary/aromatic N) is 2. The number of hydrogen-bond acceptors (Lipinski definition) is 2. The lowest BCUT2D eigenvalue weighted by atomic mass is 10.1. The van der Waals surface area contributed by atoms with E-state index < -0.39 is 0 Å². The van der Waals surface area contributed by atoms with Crippen LogP contribution < -0.4 is 0 Å². The van der Waals surface area contributed by atoms with Gasteiger partial charge in [-0.2, -0.15) is 0 Å². The second-order valence-electron chi connectivity index (χ2n) is 4.90. The summed E-state index contributed by atoms with van der Waals surface area (Å²) in [6.45, 7) is 1.81. The highest BCUT2D eigenvalue weighted by atomic mass is 127. The van der Waals surface area contributed by atoms with Crippen molar-refractivity contribution < 1.29 is 4.74 Å². The second kappa shape index (κ2) is 6.05. The van der Waals surface area contributed by atoms with Crippen molar-refractivity contribution in [2.45, 2.75) is 31.9 Å². The monoisotopic (exact) mass is 368 g/mol. The van der Waals surface area contributed by atoms with Crippen LogP contribution in [0.1, 0.15) is 19.3 Å². The predicted octanol–water partition coefficient (Wildman–Crippen LogP) is 3.72. The predicted molar refractivity (Wildman–Crippen MR) is 84.0 cm³/mol. The Bertz CT molecular complexity index is 529. The molecule has 0 spiro atoms. The third kappa shape index (κ3) is 3.17. The number of imidazole rings is 1. The minimum Gasteiger partial charge on any atom is -0.376 e. The lowest BCUT2D eigenvalue weighted by molar-refractivity contribution is 0.00624. The number of rotatable bonds is 3. The van der Waals surface area contributed by atoms with E-state index in [1.54, 1.807) is 0 Å². The molecule has 3 nitrogen and oxygen atoms in total. The molecule has 1 fully saturated rings. The van der Waals surface area contributed by atoms with Crippen molar-refractivity contribution in [1.29, 1.82) is 0 Å². The van der Waals surface area contributed by atoms with Gasteiger partial charge in [0.1, 0.15) is 5.82 Å². The maximum Gasteiger partial charge on any atom is 0.139 e. The van der Waals surface area contributed by atoms with Gasteiger partial charge in [-0.1, -0.05) is 12.1 Å². The van der Waals surface area contributed by atoms with Gasteiger partial charge in [0.05, 0.1) is 12.6 Å². The summed E-state index contributed by atoms with van der Waals surface area (Å²) in [7, 11) is 0. The van der Waals surface area contributed by atoms with Gasteiger partial charge >= 0.3 is 0 Å². The molecule has 3 rings (SSSR count). The number of benzene rings is 1.